The van der Waals surface area contributed by atoms with Gasteiger partial charge in [0.15, 0.2) is 0 Å². The van der Waals surface area contributed by atoms with Gasteiger partial charge in [0.1, 0.15) is 0 Å². The molecular weight excluding hydrogens is 192 g/mol. The van der Waals surface area contributed by atoms with Gasteiger partial charge in [0.25, 0.3) is 0 Å². The fraction of sp³-hybridized carbons (Fsp3) is 0.909. The third-order valence-corrected chi connectivity index (χ3v) is 2.68. The minimum absolute atomic E-state index is 0.0709. The summed E-state index contributed by atoms with van der Waals surface area (Å²) in [5.74, 6) is 0.0709. The van der Waals surface area contributed by atoms with Gasteiger partial charge in [0.2, 0.25) is 5.91 Å². The largest absolute Gasteiger partial charge is 0.380 e. The van der Waals surface area contributed by atoms with Crippen LogP contribution < -0.4 is 10.6 Å². The zero-order valence-corrected chi connectivity index (χ0v) is 9.55. The number of hydrogen-bond donors (Lipinski definition) is 2. The highest BCUT2D eigenvalue weighted by molar-refractivity contribution is 5.77. The molecule has 0 aromatic carbocycles. The molecular formula is C11H22N2O2. The number of ether oxygens (including phenoxy) is 1. The number of hydrogen-bond acceptors (Lipinski definition) is 3. The first kappa shape index (κ1) is 12.5. The second-order valence-corrected chi connectivity index (χ2v) is 3.91. The van der Waals surface area contributed by atoms with Crippen LogP contribution in [0.4, 0.5) is 0 Å². The molecule has 0 saturated heterocycles. The van der Waals surface area contributed by atoms with Crippen LogP contribution in [0, 0.1) is 0 Å². The Balaban J connectivity index is 1.93. The third-order valence-electron chi connectivity index (χ3n) is 2.68. The van der Waals surface area contributed by atoms with Crippen molar-refractivity contribution in [1.29, 1.82) is 0 Å². The standard InChI is InChI=1S/C11H22N2O2/c1-2-15-8-7-12-11(14)9-13-10-5-3-4-6-10/h10,13H,2-9H2,1H3,(H,12,14). The molecule has 1 saturated carbocycles. The van der Waals surface area contributed by atoms with E-state index in [1.54, 1.807) is 0 Å². The average Bonchev–Trinajstić information content (AvgIpc) is 2.74. The van der Waals surface area contributed by atoms with Crippen molar-refractivity contribution in [2.24, 2.45) is 0 Å². The summed E-state index contributed by atoms with van der Waals surface area (Å²) < 4.78 is 5.13. The predicted molar refractivity (Wildman–Crippen MR) is 59.8 cm³/mol. The average molecular weight is 214 g/mol. The summed E-state index contributed by atoms with van der Waals surface area (Å²) in [7, 11) is 0. The van der Waals surface area contributed by atoms with Crippen LogP contribution in [-0.2, 0) is 9.53 Å². The highest BCUT2D eigenvalue weighted by atomic mass is 16.5. The molecule has 1 rings (SSSR count). The molecule has 15 heavy (non-hydrogen) atoms. The topological polar surface area (TPSA) is 50.4 Å². The first-order valence-electron chi connectivity index (χ1n) is 5.90. The number of carbonyl (C=O) groups is 1. The summed E-state index contributed by atoms with van der Waals surface area (Å²) in [6.45, 7) is 4.31. The van der Waals surface area contributed by atoms with Crippen LogP contribution in [0.1, 0.15) is 32.6 Å². The highest BCUT2D eigenvalue weighted by Gasteiger charge is 2.14. The smallest absolute Gasteiger partial charge is 0.234 e. The zero-order valence-electron chi connectivity index (χ0n) is 9.55. The summed E-state index contributed by atoms with van der Waals surface area (Å²) in [5.41, 5.74) is 0. The maximum atomic E-state index is 11.3. The van der Waals surface area contributed by atoms with Gasteiger partial charge in [-0.05, 0) is 19.8 Å². The second kappa shape index (κ2) is 7.65. The number of nitrogens with one attached hydrogen (secondary N) is 2. The van der Waals surface area contributed by atoms with Gasteiger partial charge in [0, 0.05) is 19.2 Å². The first-order valence-corrected chi connectivity index (χ1v) is 5.90. The van der Waals surface area contributed by atoms with Gasteiger partial charge in [-0.2, -0.15) is 0 Å². The fourth-order valence-electron chi connectivity index (χ4n) is 1.84. The van der Waals surface area contributed by atoms with Crippen molar-refractivity contribution in [2.75, 3.05) is 26.3 Å². The molecule has 2 N–H and O–H groups in total. The Bertz CT molecular complexity index is 179. The van der Waals surface area contributed by atoms with E-state index in [1.807, 2.05) is 6.92 Å². The van der Waals surface area contributed by atoms with E-state index < -0.39 is 0 Å². The molecule has 0 aromatic heterocycles. The normalized spacial score (nSPS) is 16.9. The Hall–Kier alpha value is -0.610. The van der Waals surface area contributed by atoms with Crippen LogP contribution in [0.15, 0.2) is 0 Å². The zero-order chi connectivity index (χ0) is 10.9. The maximum absolute atomic E-state index is 11.3. The van der Waals surface area contributed by atoms with Crippen LogP contribution >= 0.6 is 0 Å². The lowest BCUT2D eigenvalue weighted by atomic mass is 10.2. The van der Waals surface area contributed by atoms with Gasteiger partial charge < -0.3 is 15.4 Å². The molecule has 0 bridgehead atoms. The number of carbonyl (C=O) groups excluding carboxylic acids is 1. The van der Waals surface area contributed by atoms with E-state index in [0.717, 1.165) is 0 Å². The lowest BCUT2D eigenvalue weighted by molar-refractivity contribution is -0.120. The Morgan fingerprint density at radius 2 is 2.13 bits per heavy atom. The van der Waals surface area contributed by atoms with Gasteiger partial charge in [-0.15, -0.1) is 0 Å². The molecule has 0 aliphatic heterocycles. The predicted octanol–water partition coefficient (Wildman–Crippen LogP) is 0.671. The molecule has 0 atom stereocenters. The van der Waals surface area contributed by atoms with E-state index >= 15 is 0 Å². The summed E-state index contributed by atoms with van der Waals surface area (Å²) in [4.78, 5) is 11.3. The molecule has 1 fully saturated rings. The van der Waals surface area contributed by atoms with Gasteiger partial charge in [-0.3, -0.25) is 4.79 Å². The van der Waals surface area contributed by atoms with Gasteiger partial charge in [-0.1, -0.05) is 12.8 Å². The van der Waals surface area contributed by atoms with Crippen LogP contribution in [0.25, 0.3) is 0 Å². The van der Waals surface area contributed by atoms with Gasteiger partial charge in [0.05, 0.1) is 13.2 Å². The fourth-order valence-corrected chi connectivity index (χ4v) is 1.84. The van der Waals surface area contributed by atoms with Crippen LogP contribution in [-0.4, -0.2) is 38.3 Å². The van der Waals surface area contributed by atoms with Crippen molar-refractivity contribution < 1.29 is 9.53 Å². The summed E-state index contributed by atoms with van der Waals surface area (Å²) in [6.07, 6.45) is 5.02. The van der Waals surface area contributed by atoms with Crippen LogP contribution in [0.5, 0.6) is 0 Å². The van der Waals surface area contributed by atoms with Crippen LogP contribution in [0.2, 0.25) is 0 Å². The summed E-state index contributed by atoms with van der Waals surface area (Å²) in [6, 6.07) is 0.558. The van der Waals surface area contributed by atoms with E-state index in [-0.39, 0.29) is 5.91 Å². The molecule has 1 amide bonds. The quantitative estimate of drug-likeness (QED) is 0.612. The van der Waals surface area contributed by atoms with E-state index in [2.05, 4.69) is 10.6 Å². The molecule has 88 valence electrons. The molecule has 4 nitrogen and oxygen atoms in total. The third kappa shape index (κ3) is 5.74. The van der Waals surface area contributed by atoms with E-state index in [9.17, 15) is 4.79 Å². The summed E-state index contributed by atoms with van der Waals surface area (Å²) >= 11 is 0. The molecule has 1 aliphatic carbocycles. The Kier molecular flexibility index (Phi) is 6.36. The SMILES string of the molecule is CCOCCNC(=O)CNC1CCCC1. The van der Waals surface area contributed by atoms with Crippen molar-refractivity contribution in [1.82, 2.24) is 10.6 Å². The van der Waals surface area contributed by atoms with Crippen molar-refractivity contribution in [2.45, 2.75) is 38.6 Å². The Morgan fingerprint density at radius 1 is 1.40 bits per heavy atom. The minimum Gasteiger partial charge on any atom is -0.380 e. The molecule has 0 spiro atoms. The van der Waals surface area contributed by atoms with Crippen LogP contribution in [0.3, 0.4) is 0 Å². The van der Waals surface area contributed by atoms with E-state index in [0.29, 0.717) is 32.3 Å². The lowest BCUT2D eigenvalue weighted by Gasteiger charge is -2.11. The number of amides is 1. The Morgan fingerprint density at radius 3 is 2.80 bits per heavy atom. The molecule has 0 radical (unpaired) electrons. The molecule has 0 heterocycles. The van der Waals surface area contributed by atoms with Crippen molar-refractivity contribution in [3.8, 4) is 0 Å². The van der Waals surface area contributed by atoms with E-state index in [1.165, 1.54) is 25.7 Å². The summed E-state index contributed by atoms with van der Waals surface area (Å²) in [5, 5.41) is 6.08. The second-order valence-electron chi connectivity index (χ2n) is 3.91. The number of rotatable bonds is 7. The molecule has 0 unspecified atom stereocenters. The molecule has 1 aliphatic rings. The van der Waals surface area contributed by atoms with Crippen molar-refractivity contribution >= 4 is 5.91 Å². The Labute approximate surface area is 91.8 Å². The first-order chi connectivity index (χ1) is 7.33. The van der Waals surface area contributed by atoms with Gasteiger partial charge >= 0.3 is 0 Å². The molecule has 4 heteroatoms. The monoisotopic (exact) mass is 214 g/mol. The van der Waals surface area contributed by atoms with Crippen molar-refractivity contribution in [3.05, 3.63) is 0 Å². The van der Waals surface area contributed by atoms with Crippen molar-refractivity contribution in [3.63, 3.8) is 0 Å². The molecule has 0 aromatic rings. The maximum Gasteiger partial charge on any atom is 0.234 e. The van der Waals surface area contributed by atoms with E-state index in [4.69, 9.17) is 4.74 Å². The van der Waals surface area contributed by atoms with Gasteiger partial charge in [-0.25, -0.2) is 0 Å². The minimum atomic E-state index is 0.0709. The lowest BCUT2D eigenvalue weighted by Crippen LogP contribution is -2.39. The highest BCUT2D eigenvalue weighted by Crippen LogP contribution is 2.16.